The van der Waals surface area contributed by atoms with Crippen LogP contribution in [0.2, 0.25) is 0 Å². The van der Waals surface area contributed by atoms with Gasteiger partial charge in [-0.1, -0.05) is 0 Å². The zero-order valence-corrected chi connectivity index (χ0v) is 9.93. The molecule has 0 atom stereocenters. The molecule has 0 radical (unpaired) electrons. The van der Waals surface area contributed by atoms with Crippen LogP contribution < -0.4 is 25.8 Å². The average molecular weight is 247 g/mol. The molecular weight excluding hydrogens is 232 g/mol. The summed E-state index contributed by atoms with van der Waals surface area (Å²) in [7, 11) is 0. The lowest BCUT2D eigenvalue weighted by atomic mass is 10.2. The second kappa shape index (κ2) is 5.32. The molecule has 1 aromatic carbocycles. The highest BCUT2D eigenvalue weighted by Crippen LogP contribution is 2.22. The molecule has 0 spiro atoms. The standard InChI is InChI=1S/C10H14N2O3.ClH/c1-2-15-10-7(8(13)9(10)14)12-5-3-11-4-6-12;/h11H,2-6H2,1H3;1H. The molecule has 16 heavy (non-hydrogen) atoms. The maximum Gasteiger partial charge on any atom is 0.272 e. The van der Waals surface area contributed by atoms with Crippen LogP contribution in [0.25, 0.3) is 0 Å². The normalized spacial score (nSPS) is 15.9. The van der Waals surface area contributed by atoms with Crippen molar-refractivity contribution < 1.29 is 4.74 Å². The van der Waals surface area contributed by atoms with Gasteiger partial charge in [-0.3, -0.25) is 9.59 Å². The van der Waals surface area contributed by atoms with Crippen LogP contribution in [-0.4, -0.2) is 32.8 Å². The van der Waals surface area contributed by atoms with Crippen LogP contribution in [0, 0.1) is 0 Å². The van der Waals surface area contributed by atoms with Gasteiger partial charge in [-0.15, -0.1) is 12.4 Å². The van der Waals surface area contributed by atoms with Crippen LogP contribution in [-0.2, 0) is 0 Å². The predicted molar refractivity (Wildman–Crippen MR) is 64.9 cm³/mol. The molecule has 1 aliphatic heterocycles. The van der Waals surface area contributed by atoms with Gasteiger partial charge >= 0.3 is 0 Å². The Morgan fingerprint density at radius 3 is 2.44 bits per heavy atom. The number of nitrogens with zero attached hydrogens (tertiary/aromatic N) is 1. The maximum atomic E-state index is 11.4. The first-order chi connectivity index (χ1) is 7.25. The molecule has 0 aromatic heterocycles. The molecule has 0 aliphatic carbocycles. The van der Waals surface area contributed by atoms with Crippen LogP contribution in [0.4, 0.5) is 5.69 Å². The molecule has 1 heterocycles. The van der Waals surface area contributed by atoms with E-state index in [1.54, 1.807) is 6.92 Å². The summed E-state index contributed by atoms with van der Waals surface area (Å²) in [5, 5.41) is 3.19. The number of ether oxygens (including phenoxy) is 1. The fraction of sp³-hybridized carbons (Fsp3) is 0.600. The third-order valence-electron chi connectivity index (χ3n) is 2.56. The van der Waals surface area contributed by atoms with Gasteiger partial charge < -0.3 is 15.0 Å². The Balaban J connectivity index is 0.00000128. The number of hydrogen-bond donors (Lipinski definition) is 1. The van der Waals surface area contributed by atoms with Crippen molar-refractivity contribution in [2.75, 3.05) is 37.7 Å². The lowest BCUT2D eigenvalue weighted by Crippen LogP contribution is -2.49. The monoisotopic (exact) mass is 246 g/mol. The van der Waals surface area contributed by atoms with Crippen molar-refractivity contribution in [3.05, 3.63) is 20.4 Å². The van der Waals surface area contributed by atoms with Gasteiger partial charge in [0, 0.05) is 26.2 Å². The van der Waals surface area contributed by atoms with Crippen LogP contribution in [0.3, 0.4) is 0 Å². The molecule has 1 fully saturated rings. The smallest absolute Gasteiger partial charge is 0.272 e. The van der Waals surface area contributed by atoms with E-state index in [4.69, 9.17) is 4.74 Å². The number of piperazine rings is 1. The number of hydrogen-bond acceptors (Lipinski definition) is 5. The Morgan fingerprint density at radius 1 is 1.25 bits per heavy atom. The zero-order valence-electron chi connectivity index (χ0n) is 9.12. The number of halogens is 1. The summed E-state index contributed by atoms with van der Waals surface area (Å²) in [6, 6.07) is 0. The van der Waals surface area contributed by atoms with E-state index in [1.807, 2.05) is 4.90 Å². The molecule has 1 saturated heterocycles. The predicted octanol–water partition coefficient (Wildman–Crippen LogP) is -0.487. The Labute approximate surface area is 99.5 Å². The third kappa shape index (κ3) is 2.05. The SMILES string of the molecule is CCOc1c(N2CCNCC2)c(=O)c1=O.Cl. The van der Waals surface area contributed by atoms with Gasteiger partial charge in [0.2, 0.25) is 0 Å². The van der Waals surface area contributed by atoms with Crippen molar-refractivity contribution in [3.63, 3.8) is 0 Å². The van der Waals surface area contributed by atoms with Gasteiger partial charge in [-0.05, 0) is 6.92 Å². The van der Waals surface area contributed by atoms with Gasteiger partial charge in [0.05, 0.1) is 6.61 Å². The van der Waals surface area contributed by atoms with E-state index in [-0.39, 0.29) is 18.2 Å². The summed E-state index contributed by atoms with van der Waals surface area (Å²) < 4.78 is 5.17. The van der Waals surface area contributed by atoms with Crippen LogP contribution in [0.1, 0.15) is 6.92 Å². The molecule has 1 aliphatic rings. The quantitative estimate of drug-likeness (QED) is 0.730. The fourth-order valence-electron chi connectivity index (χ4n) is 1.81. The van der Waals surface area contributed by atoms with Crippen molar-refractivity contribution in [2.45, 2.75) is 6.92 Å². The van der Waals surface area contributed by atoms with Gasteiger partial charge in [0.25, 0.3) is 10.9 Å². The van der Waals surface area contributed by atoms with Crippen molar-refractivity contribution in [1.29, 1.82) is 0 Å². The molecule has 1 aromatic rings. The van der Waals surface area contributed by atoms with Crippen molar-refractivity contribution in [3.8, 4) is 5.75 Å². The first-order valence-corrected chi connectivity index (χ1v) is 5.17. The molecule has 0 saturated carbocycles. The first kappa shape index (κ1) is 13.0. The molecule has 2 rings (SSSR count). The van der Waals surface area contributed by atoms with Crippen molar-refractivity contribution in [1.82, 2.24) is 5.32 Å². The second-order valence-electron chi connectivity index (χ2n) is 3.51. The minimum absolute atomic E-state index is 0. The minimum Gasteiger partial charge on any atom is -0.488 e. The summed E-state index contributed by atoms with van der Waals surface area (Å²) in [4.78, 5) is 24.5. The van der Waals surface area contributed by atoms with Gasteiger partial charge in [-0.25, -0.2) is 0 Å². The van der Waals surface area contributed by atoms with E-state index < -0.39 is 10.9 Å². The highest BCUT2D eigenvalue weighted by molar-refractivity contribution is 5.85. The number of anilines is 1. The Kier molecular flexibility index (Phi) is 4.32. The molecule has 0 bridgehead atoms. The lowest BCUT2D eigenvalue weighted by Gasteiger charge is -2.30. The Morgan fingerprint density at radius 2 is 1.88 bits per heavy atom. The van der Waals surface area contributed by atoms with Crippen molar-refractivity contribution >= 4 is 18.1 Å². The van der Waals surface area contributed by atoms with Crippen LogP contribution in [0.15, 0.2) is 9.59 Å². The van der Waals surface area contributed by atoms with E-state index in [0.717, 1.165) is 26.2 Å². The summed E-state index contributed by atoms with van der Waals surface area (Å²) >= 11 is 0. The minimum atomic E-state index is -0.481. The molecular formula is C10H15ClN2O3. The average Bonchev–Trinajstić information content (AvgIpc) is 2.29. The molecule has 0 unspecified atom stereocenters. The highest BCUT2D eigenvalue weighted by atomic mass is 35.5. The first-order valence-electron chi connectivity index (χ1n) is 5.17. The van der Waals surface area contributed by atoms with E-state index in [1.165, 1.54) is 0 Å². The van der Waals surface area contributed by atoms with E-state index in [2.05, 4.69) is 5.32 Å². The highest BCUT2D eigenvalue weighted by Gasteiger charge is 2.27. The molecule has 6 heteroatoms. The summed E-state index contributed by atoms with van der Waals surface area (Å²) in [5.41, 5.74) is -0.408. The van der Waals surface area contributed by atoms with Gasteiger partial charge in [0.1, 0.15) is 5.69 Å². The lowest BCUT2D eigenvalue weighted by molar-refractivity contribution is 0.332. The van der Waals surface area contributed by atoms with Crippen LogP contribution in [0.5, 0.6) is 5.75 Å². The summed E-state index contributed by atoms with van der Waals surface area (Å²) in [5.74, 6) is 0.254. The van der Waals surface area contributed by atoms with Gasteiger partial charge in [0.15, 0.2) is 5.75 Å². The van der Waals surface area contributed by atoms with E-state index in [9.17, 15) is 9.59 Å². The molecule has 5 nitrogen and oxygen atoms in total. The van der Waals surface area contributed by atoms with Crippen LogP contribution >= 0.6 is 12.4 Å². The summed E-state index contributed by atoms with van der Waals surface area (Å²) in [6.45, 7) is 5.41. The summed E-state index contributed by atoms with van der Waals surface area (Å²) in [6.07, 6.45) is 0. The fourth-order valence-corrected chi connectivity index (χ4v) is 1.81. The van der Waals surface area contributed by atoms with E-state index >= 15 is 0 Å². The third-order valence-corrected chi connectivity index (χ3v) is 2.56. The Hall–Kier alpha value is -1.07. The van der Waals surface area contributed by atoms with E-state index in [0.29, 0.717) is 12.3 Å². The topological polar surface area (TPSA) is 58.6 Å². The number of nitrogens with one attached hydrogen (secondary N) is 1. The zero-order chi connectivity index (χ0) is 10.8. The molecule has 90 valence electrons. The molecule has 1 N–H and O–H groups in total. The maximum absolute atomic E-state index is 11.4. The largest absolute Gasteiger partial charge is 0.488 e. The van der Waals surface area contributed by atoms with Crippen molar-refractivity contribution in [2.24, 2.45) is 0 Å². The molecule has 0 amide bonds. The van der Waals surface area contributed by atoms with Gasteiger partial charge in [-0.2, -0.15) is 0 Å². The number of rotatable bonds is 3. The Bertz CT molecular complexity index is 420. The second-order valence-corrected chi connectivity index (χ2v) is 3.51.